The number of Topliss-reactive ketones (excluding diaryl/α,β-unsaturated/α-hetero) is 2. The van der Waals surface area contributed by atoms with Crippen molar-refractivity contribution in [3.63, 3.8) is 0 Å². The van der Waals surface area contributed by atoms with Crippen molar-refractivity contribution in [2.45, 2.75) is 32.3 Å². The van der Waals surface area contributed by atoms with Crippen LogP contribution in [-0.4, -0.2) is 26.3 Å². The van der Waals surface area contributed by atoms with Gasteiger partial charge in [-0.15, -0.1) is 0 Å². The molecule has 0 saturated heterocycles. The van der Waals surface area contributed by atoms with E-state index in [0.717, 1.165) is 16.7 Å². The van der Waals surface area contributed by atoms with Gasteiger partial charge in [0.05, 0.1) is 18.2 Å². The summed E-state index contributed by atoms with van der Waals surface area (Å²) in [6, 6.07) is 21.0. The van der Waals surface area contributed by atoms with Gasteiger partial charge in [0.1, 0.15) is 11.3 Å². The fourth-order valence-electron chi connectivity index (χ4n) is 5.17. The molecule has 3 aromatic carbocycles. The van der Waals surface area contributed by atoms with Gasteiger partial charge in [-0.05, 0) is 71.5 Å². The lowest BCUT2D eigenvalue weighted by molar-refractivity contribution is -0.133. The van der Waals surface area contributed by atoms with Crippen LogP contribution < -0.4 is 4.74 Å². The highest BCUT2D eigenvalue weighted by molar-refractivity contribution is 6.10. The molecule has 0 aliphatic heterocycles. The van der Waals surface area contributed by atoms with Crippen molar-refractivity contribution in [1.82, 2.24) is 9.61 Å². The minimum absolute atomic E-state index is 0.0147. The zero-order chi connectivity index (χ0) is 28.6. The van der Waals surface area contributed by atoms with E-state index in [9.17, 15) is 19.1 Å². The third kappa shape index (κ3) is 5.26. The van der Waals surface area contributed by atoms with Crippen LogP contribution in [0.2, 0.25) is 0 Å². The summed E-state index contributed by atoms with van der Waals surface area (Å²) in [5.41, 5.74) is 3.11. The number of nitrogens with zero attached hydrogens (tertiary/aromatic N) is 2. The Morgan fingerprint density at radius 2 is 1.59 bits per heavy atom. The van der Waals surface area contributed by atoms with E-state index in [1.807, 2.05) is 30.3 Å². The molecule has 0 spiro atoms. The number of aliphatic hydroxyl groups is 1. The lowest BCUT2D eigenvalue weighted by atomic mass is 9.88. The minimum atomic E-state index is -1.05. The van der Waals surface area contributed by atoms with E-state index in [1.54, 1.807) is 41.2 Å². The molecule has 206 valence electrons. The van der Waals surface area contributed by atoms with Crippen LogP contribution in [0.3, 0.4) is 0 Å². The first kappa shape index (κ1) is 26.5. The van der Waals surface area contributed by atoms with E-state index in [2.05, 4.69) is 5.10 Å². The molecule has 1 saturated carbocycles. The molecule has 0 radical (unpaired) electrons. The number of carbonyl (C=O) groups is 2. The topological polar surface area (TPSA) is 80.9 Å². The summed E-state index contributed by atoms with van der Waals surface area (Å²) in [6.45, 7) is -0.0924. The Hall–Kier alpha value is -4.69. The number of ketones is 2. The summed E-state index contributed by atoms with van der Waals surface area (Å²) in [4.78, 5) is 26.1. The number of ether oxygens (including phenoxy) is 1. The maximum atomic E-state index is 15.2. The van der Waals surface area contributed by atoms with E-state index in [-0.39, 0.29) is 42.6 Å². The molecule has 1 aliphatic carbocycles. The van der Waals surface area contributed by atoms with E-state index in [4.69, 9.17) is 4.74 Å². The van der Waals surface area contributed by atoms with Gasteiger partial charge in [-0.2, -0.15) is 5.10 Å². The molecule has 5 aromatic rings. The van der Waals surface area contributed by atoms with Crippen LogP contribution >= 0.6 is 0 Å². The van der Waals surface area contributed by atoms with Crippen molar-refractivity contribution >= 4 is 17.1 Å². The average Bonchev–Trinajstić information content (AvgIpc) is 3.69. The summed E-state index contributed by atoms with van der Waals surface area (Å²) >= 11 is 0. The van der Waals surface area contributed by atoms with Gasteiger partial charge in [-0.1, -0.05) is 36.4 Å². The highest BCUT2D eigenvalue weighted by Crippen LogP contribution is 2.49. The Kier molecular flexibility index (Phi) is 6.93. The third-order valence-corrected chi connectivity index (χ3v) is 7.61. The molecule has 0 atom stereocenters. The van der Waals surface area contributed by atoms with Crippen molar-refractivity contribution in [1.29, 1.82) is 0 Å². The quantitative estimate of drug-likeness (QED) is 0.207. The number of carbonyl (C=O) groups excluding carboxylic acids is 2. The maximum Gasteiger partial charge on any atom is 0.166 e. The van der Waals surface area contributed by atoms with Gasteiger partial charge in [-0.3, -0.25) is 9.59 Å². The molecule has 6 nitrogen and oxygen atoms in total. The number of aromatic nitrogens is 2. The van der Waals surface area contributed by atoms with Crippen LogP contribution in [0.1, 0.15) is 29.5 Å². The third-order valence-electron chi connectivity index (χ3n) is 7.61. The molecule has 41 heavy (non-hydrogen) atoms. The van der Waals surface area contributed by atoms with Crippen LogP contribution in [0, 0.1) is 17.0 Å². The molecule has 1 N–H and O–H groups in total. The molecule has 8 heteroatoms. The van der Waals surface area contributed by atoms with E-state index >= 15 is 4.39 Å². The largest absolute Gasteiger partial charge is 0.452 e. The van der Waals surface area contributed by atoms with Crippen LogP contribution in [-0.2, 0) is 29.0 Å². The van der Waals surface area contributed by atoms with Crippen LogP contribution in [0.5, 0.6) is 11.5 Å². The van der Waals surface area contributed by atoms with E-state index in [0.29, 0.717) is 35.2 Å². The first-order chi connectivity index (χ1) is 19.9. The average molecular weight is 553 g/mol. The lowest BCUT2D eigenvalue weighted by Gasteiger charge is -2.14. The number of fused-ring (bicyclic) bond motifs is 1. The summed E-state index contributed by atoms with van der Waals surface area (Å²) in [7, 11) is 0. The van der Waals surface area contributed by atoms with Gasteiger partial charge < -0.3 is 9.84 Å². The molecule has 0 unspecified atom stereocenters. The minimum Gasteiger partial charge on any atom is -0.452 e. The predicted octanol–water partition coefficient (Wildman–Crippen LogP) is 6.27. The second kappa shape index (κ2) is 10.7. The standard InChI is InChI=1S/C33H26F2N2O4/c34-25-7-4-21(5-8-25)18-30(39)33(12-13-33)31(40)19-22-6-9-28(27(35)17-22)41-29-10-14-36-37-15-11-26(32(29)37)24-3-1-2-23(16-24)20-38/h1-11,14-17,38H,12-13,18-20H2. The Bertz CT molecular complexity index is 1770. The van der Waals surface area contributed by atoms with Gasteiger partial charge in [0.25, 0.3) is 0 Å². The van der Waals surface area contributed by atoms with Crippen molar-refractivity contribution in [2.24, 2.45) is 5.41 Å². The Balaban J connectivity index is 1.20. The first-order valence-corrected chi connectivity index (χ1v) is 13.3. The second-order valence-electron chi connectivity index (χ2n) is 10.4. The smallest absolute Gasteiger partial charge is 0.166 e. The monoisotopic (exact) mass is 552 g/mol. The SMILES string of the molecule is O=C(Cc1ccc(F)cc1)C1(C(=O)Cc2ccc(Oc3ccnn4ccc(-c5cccc(CO)c5)c34)c(F)c2)CC1. The molecule has 2 aromatic heterocycles. The molecular weight excluding hydrogens is 526 g/mol. The number of halogens is 2. The van der Waals surface area contributed by atoms with Crippen molar-refractivity contribution in [3.05, 3.63) is 120 Å². The number of hydrogen-bond donors (Lipinski definition) is 1. The fraction of sp³-hybridized carbons (Fsp3) is 0.182. The van der Waals surface area contributed by atoms with E-state index < -0.39 is 11.2 Å². The van der Waals surface area contributed by atoms with Crippen molar-refractivity contribution in [3.8, 4) is 22.6 Å². The normalized spacial score (nSPS) is 13.7. The van der Waals surface area contributed by atoms with Crippen LogP contribution in [0.15, 0.2) is 91.3 Å². The Morgan fingerprint density at radius 1 is 0.854 bits per heavy atom. The number of rotatable bonds is 10. The van der Waals surface area contributed by atoms with Crippen molar-refractivity contribution in [2.75, 3.05) is 0 Å². The molecule has 1 fully saturated rings. The van der Waals surface area contributed by atoms with Gasteiger partial charge in [0, 0.05) is 30.7 Å². The molecule has 1 aliphatic rings. The molecule has 0 amide bonds. The van der Waals surface area contributed by atoms with Gasteiger partial charge >= 0.3 is 0 Å². The fourth-order valence-corrected chi connectivity index (χ4v) is 5.17. The second-order valence-corrected chi connectivity index (χ2v) is 10.4. The summed E-state index contributed by atoms with van der Waals surface area (Å²) in [5, 5.41) is 13.9. The summed E-state index contributed by atoms with van der Waals surface area (Å²) in [6.07, 6.45) is 4.25. The number of aliphatic hydroxyl groups excluding tert-OH is 1. The van der Waals surface area contributed by atoms with Crippen LogP contribution in [0.4, 0.5) is 8.78 Å². The first-order valence-electron chi connectivity index (χ1n) is 13.3. The van der Waals surface area contributed by atoms with E-state index in [1.165, 1.54) is 24.3 Å². The zero-order valence-corrected chi connectivity index (χ0v) is 22.0. The van der Waals surface area contributed by atoms with Crippen molar-refractivity contribution < 1.29 is 28.2 Å². The molecular formula is C33H26F2N2O4. The summed E-state index contributed by atoms with van der Waals surface area (Å²) < 4.78 is 36.1. The predicted molar refractivity (Wildman–Crippen MR) is 149 cm³/mol. The molecule has 0 bridgehead atoms. The molecule has 2 heterocycles. The highest BCUT2D eigenvalue weighted by atomic mass is 19.1. The van der Waals surface area contributed by atoms with Gasteiger partial charge in [0.2, 0.25) is 0 Å². The summed E-state index contributed by atoms with van der Waals surface area (Å²) in [5.74, 6) is -1.08. The Labute approximate surface area is 234 Å². The number of benzene rings is 3. The van der Waals surface area contributed by atoms with Gasteiger partial charge in [-0.25, -0.2) is 13.3 Å². The van der Waals surface area contributed by atoms with Crippen LogP contribution in [0.25, 0.3) is 16.6 Å². The zero-order valence-electron chi connectivity index (χ0n) is 22.0. The maximum absolute atomic E-state index is 15.2. The van der Waals surface area contributed by atoms with Gasteiger partial charge in [0.15, 0.2) is 28.9 Å². The molecule has 6 rings (SSSR count). The number of hydrogen-bond acceptors (Lipinski definition) is 5. The highest BCUT2D eigenvalue weighted by Gasteiger charge is 2.54. The Morgan fingerprint density at radius 3 is 2.29 bits per heavy atom. The lowest BCUT2D eigenvalue weighted by Crippen LogP contribution is -2.28.